The summed E-state index contributed by atoms with van der Waals surface area (Å²) in [7, 11) is 1.42. The molecule has 0 heterocycles. The molecule has 0 aliphatic carbocycles. The highest BCUT2D eigenvalue weighted by atomic mass is 16.5. The lowest BCUT2D eigenvalue weighted by Crippen LogP contribution is -1.98. The summed E-state index contributed by atoms with van der Waals surface area (Å²) in [6.45, 7) is -1.78. The van der Waals surface area contributed by atoms with Gasteiger partial charge in [-0.1, -0.05) is 68.3 Å². The highest BCUT2D eigenvalue weighted by molar-refractivity contribution is 5.69. The van der Waals surface area contributed by atoms with E-state index in [0.29, 0.717) is 12.8 Å². The first kappa shape index (κ1) is 16.3. The van der Waals surface area contributed by atoms with E-state index in [1.54, 1.807) is 0 Å². The van der Waals surface area contributed by atoms with Crippen molar-refractivity contribution in [1.29, 1.82) is 0 Å². The number of esters is 1. The Morgan fingerprint density at radius 1 is 0.826 bits per heavy atom. The smallest absolute Gasteiger partial charge is 0.305 e. The Labute approximate surface area is 147 Å². The predicted octanol–water partition coefficient (Wildman–Crippen LogP) is 6.31. The predicted molar refractivity (Wildman–Crippen MR) is 100 cm³/mol. The van der Waals surface area contributed by atoms with Crippen LogP contribution in [0.4, 0.5) is 0 Å². The molecule has 0 bridgehead atoms. The van der Waals surface area contributed by atoms with Crippen molar-refractivity contribution in [3.05, 3.63) is 48.6 Å². The summed E-state index contributed by atoms with van der Waals surface area (Å²) in [5.74, 6) is -0.145. The number of hydrogen-bond donors (Lipinski definition) is 0. The maximum absolute atomic E-state index is 10.9. The van der Waals surface area contributed by atoms with Crippen LogP contribution in [0.15, 0.2) is 48.6 Å². The van der Waals surface area contributed by atoms with Gasteiger partial charge in [0.1, 0.15) is 0 Å². The second kappa shape index (κ2) is 18.5. The van der Waals surface area contributed by atoms with E-state index >= 15 is 0 Å². The van der Waals surface area contributed by atoms with Crippen LogP contribution in [0.25, 0.3) is 0 Å². The summed E-state index contributed by atoms with van der Waals surface area (Å²) >= 11 is 0. The Bertz CT molecular complexity index is 460. The van der Waals surface area contributed by atoms with E-state index in [1.165, 1.54) is 7.11 Å². The van der Waals surface area contributed by atoms with E-state index in [2.05, 4.69) is 53.3 Å². The maximum Gasteiger partial charge on any atom is 0.305 e. The number of unbranched alkanes of at least 4 members (excludes halogenated alkanes) is 3. The van der Waals surface area contributed by atoms with Crippen LogP contribution >= 0.6 is 0 Å². The molecular formula is C21H34O2. The molecule has 0 saturated carbocycles. The summed E-state index contributed by atoms with van der Waals surface area (Å²) in [6, 6.07) is 0. The molecule has 0 aromatic carbocycles. The standard InChI is InChI=1S/C21H34O2/c1-3-4-5-6-7-8-9-10-11-12-13-14-15-16-17-18-19-20-21(22)23-2/h7-8,10-11,13-14,16-17H,3-6,9,12,15,18-20H2,1-2H3/b8-7-,11-10-,14-13-,17-16-/i1D3. The second-order valence-corrected chi connectivity index (χ2v) is 5.31. The minimum atomic E-state index is -1.78. The van der Waals surface area contributed by atoms with Crippen LogP contribution in [-0.4, -0.2) is 13.1 Å². The lowest BCUT2D eigenvalue weighted by atomic mass is 10.2. The van der Waals surface area contributed by atoms with Crippen molar-refractivity contribution >= 4 is 5.97 Å². The summed E-state index contributed by atoms with van der Waals surface area (Å²) in [6.07, 6.45) is 25.0. The third-order valence-corrected chi connectivity index (χ3v) is 3.26. The van der Waals surface area contributed by atoms with Gasteiger partial charge in [0.2, 0.25) is 0 Å². The number of rotatable bonds is 14. The van der Waals surface area contributed by atoms with Gasteiger partial charge in [0, 0.05) is 10.5 Å². The molecule has 0 saturated heterocycles. The molecular weight excluding hydrogens is 284 g/mol. The molecule has 2 nitrogen and oxygen atoms in total. The van der Waals surface area contributed by atoms with Crippen LogP contribution in [0.5, 0.6) is 0 Å². The van der Waals surface area contributed by atoms with Crippen molar-refractivity contribution in [3.63, 3.8) is 0 Å². The lowest BCUT2D eigenvalue weighted by Gasteiger charge is -1.95. The largest absolute Gasteiger partial charge is 0.469 e. The van der Waals surface area contributed by atoms with Gasteiger partial charge >= 0.3 is 5.97 Å². The number of carbonyl (C=O) groups excluding carboxylic acids is 1. The number of hydrogen-bond acceptors (Lipinski definition) is 2. The Balaban J connectivity index is 3.47. The van der Waals surface area contributed by atoms with Gasteiger partial charge < -0.3 is 4.74 Å². The average Bonchev–Trinajstić information content (AvgIpc) is 2.59. The highest BCUT2D eigenvalue weighted by Crippen LogP contribution is 2.01. The Morgan fingerprint density at radius 2 is 1.35 bits per heavy atom. The van der Waals surface area contributed by atoms with Crippen molar-refractivity contribution in [2.24, 2.45) is 0 Å². The van der Waals surface area contributed by atoms with Crippen molar-refractivity contribution in [3.8, 4) is 0 Å². The first-order valence-corrected chi connectivity index (χ1v) is 8.62. The number of methoxy groups -OCH3 is 1. The fourth-order valence-corrected chi connectivity index (χ4v) is 1.90. The zero-order chi connectivity index (χ0) is 19.5. The maximum atomic E-state index is 10.9. The Morgan fingerprint density at radius 3 is 1.87 bits per heavy atom. The van der Waals surface area contributed by atoms with Crippen molar-refractivity contribution in [2.45, 2.75) is 71.1 Å². The molecule has 23 heavy (non-hydrogen) atoms. The SMILES string of the molecule is [2H]C([2H])([2H])CCCC/C=C\C/C=C\C/C=C\C/C=C\CCCC(=O)OC. The number of carbonyl (C=O) groups is 1. The van der Waals surface area contributed by atoms with Crippen molar-refractivity contribution in [1.82, 2.24) is 0 Å². The average molecular weight is 322 g/mol. The molecule has 0 amide bonds. The Kier molecular flexibility index (Phi) is 13.1. The molecule has 0 N–H and O–H groups in total. The summed E-state index contributed by atoms with van der Waals surface area (Å²) in [5, 5.41) is 0. The first-order chi connectivity index (χ1) is 12.5. The molecule has 0 aromatic rings. The van der Waals surface area contributed by atoms with Crippen LogP contribution in [0, 0.1) is 0 Å². The van der Waals surface area contributed by atoms with Gasteiger partial charge in [0.05, 0.1) is 7.11 Å². The third-order valence-electron chi connectivity index (χ3n) is 3.26. The molecule has 0 aliphatic heterocycles. The number of allylic oxidation sites excluding steroid dienone is 8. The van der Waals surface area contributed by atoms with E-state index in [4.69, 9.17) is 4.11 Å². The van der Waals surface area contributed by atoms with E-state index in [9.17, 15) is 4.79 Å². The minimum Gasteiger partial charge on any atom is -0.469 e. The van der Waals surface area contributed by atoms with Crippen LogP contribution < -0.4 is 0 Å². The summed E-state index contributed by atoms with van der Waals surface area (Å²) < 4.78 is 26.0. The van der Waals surface area contributed by atoms with Crippen LogP contribution in [0.3, 0.4) is 0 Å². The number of ether oxygens (including phenoxy) is 1. The molecule has 2 heteroatoms. The molecule has 0 radical (unpaired) electrons. The fraction of sp³-hybridized carbons (Fsp3) is 0.571. The van der Waals surface area contributed by atoms with E-state index < -0.39 is 6.85 Å². The topological polar surface area (TPSA) is 26.3 Å². The molecule has 0 spiro atoms. The molecule has 0 fully saturated rings. The fourth-order valence-electron chi connectivity index (χ4n) is 1.90. The van der Waals surface area contributed by atoms with Crippen LogP contribution in [0.2, 0.25) is 0 Å². The monoisotopic (exact) mass is 321 g/mol. The molecule has 0 aliphatic rings. The van der Waals surface area contributed by atoms with E-state index in [-0.39, 0.29) is 5.97 Å². The highest BCUT2D eigenvalue weighted by Gasteiger charge is 1.96. The second-order valence-electron chi connectivity index (χ2n) is 5.31. The van der Waals surface area contributed by atoms with Crippen LogP contribution in [-0.2, 0) is 9.53 Å². The van der Waals surface area contributed by atoms with Gasteiger partial charge in [-0.3, -0.25) is 4.79 Å². The summed E-state index contributed by atoms with van der Waals surface area (Å²) in [4.78, 5) is 10.9. The quantitative estimate of drug-likeness (QED) is 0.213. The van der Waals surface area contributed by atoms with Gasteiger partial charge in [0.25, 0.3) is 0 Å². The van der Waals surface area contributed by atoms with Gasteiger partial charge in [-0.25, -0.2) is 0 Å². The molecule has 0 unspecified atom stereocenters. The van der Waals surface area contributed by atoms with Crippen LogP contribution in [0.1, 0.15) is 75.2 Å². The lowest BCUT2D eigenvalue weighted by molar-refractivity contribution is -0.140. The normalized spacial score (nSPS) is 14.7. The Hall–Kier alpha value is -1.57. The first-order valence-electron chi connectivity index (χ1n) is 10.1. The van der Waals surface area contributed by atoms with Gasteiger partial charge in [-0.2, -0.15) is 0 Å². The zero-order valence-electron chi connectivity index (χ0n) is 17.5. The van der Waals surface area contributed by atoms with Crippen molar-refractivity contribution < 1.29 is 13.6 Å². The minimum absolute atomic E-state index is 0.145. The van der Waals surface area contributed by atoms with Gasteiger partial charge in [0.15, 0.2) is 0 Å². The van der Waals surface area contributed by atoms with E-state index in [1.807, 2.05) is 0 Å². The molecule has 0 atom stereocenters. The molecule has 130 valence electrons. The van der Waals surface area contributed by atoms with Gasteiger partial charge in [-0.15, -0.1) is 0 Å². The molecule has 0 aromatic heterocycles. The van der Waals surface area contributed by atoms with E-state index in [0.717, 1.165) is 51.4 Å². The van der Waals surface area contributed by atoms with Gasteiger partial charge in [-0.05, 0) is 44.9 Å². The van der Waals surface area contributed by atoms with Crippen molar-refractivity contribution in [2.75, 3.05) is 7.11 Å². The zero-order valence-corrected chi connectivity index (χ0v) is 14.5. The molecule has 0 rings (SSSR count). The third kappa shape index (κ3) is 18.4. The summed E-state index contributed by atoms with van der Waals surface area (Å²) in [5.41, 5.74) is 0.